The lowest BCUT2D eigenvalue weighted by Gasteiger charge is -2.12. The highest BCUT2D eigenvalue weighted by Gasteiger charge is 2.33. The SMILES string of the molecule is CCc1cc2c(o1)C(=O)c1cc(F)ccc1C2=O. The van der Waals surface area contributed by atoms with Crippen LogP contribution in [0.25, 0.3) is 0 Å². The molecule has 0 aliphatic heterocycles. The van der Waals surface area contributed by atoms with E-state index in [1.807, 2.05) is 6.92 Å². The van der Waals surface area contributed by atoms with Gasteiger partial charge in [-0.1, -0.05) is 6.92 Å². The summed E-state index contributed by atoms with van der Waals surface area (Å²) in [4.78, 5) is 24.3. The van der Waals surface area contributed by atoms with Crippen molar-refractivity contribution in [3.05, 3.63) is 58.3 Å². The molecule has 3 rings (SSSR count). The number of hydrogen-bond acceptors (Lipinski definition) is 3. The van der Waals surface area contributed by atoms with E-state index in [1.54, 1.807) is 6.07 Å². The largest absolute Gasteiger partial charge is 0.457 e. The monoisotopic (exact) mass is 244 g/mol. The maximum absolute atomic E-state index is 13.1. The highest BCUT2D eigenvalue weighted by atomic mass is 19.1. The molecule has 0 spiro atoms. The predicted molar refractivity (Wildman–Crippen MR) is 61.4 cm³/mol. The lowest BCUT2D eigenvalue weighted by atomic mass is 9.88. The lowest BCUT2D eigenvalue weighted by Crippen LogP contribution is -2.19. The molecule has 1 aliphatic rings. The number of benzene rings is 1. The van der Waals surface area contributed by atoms with E-state index in [0.717, 1.165) is 6.07 Å². The van der Waals surface area contributed by atoms with Crippen molar-refractivity contribution in [1.82, 2.24) is 0 Å². The van der Waals surface area contributed by atoms with Crippen molar-refractivity contribution in [2.24, 2.45) is 0 Å². The number of rotatable bonds is 1. The van der Waals surface area contributed by atoms with Gasteiger partial charge in [0.25, 0.3) is 0 Å². The maximum atomic E-state index is 13.1. The number of aryl methyl sites for hydroxylation is 1. The second-order valence-electron chi connectivity index (χ2n) is 4.16. The van der Waals surface area contributed by atoms with Gasteiger partial charge in [0.05, 0.1) is 5.56 Å². The first-order valence-electron chi connectivity index (χ1n) is 5.63. The molecule has 0 radical (unpaired) electrons. The summed E-state index contributed by atoms with van der Waals surface area (Å²) in [5, 5.41) is 0. The van der Waals surface area contributed by atoms with Gasteiger partial charge in [0.15, 0.2) is 11.5 Å². The number of hydrogen-bond donors (Lipinski definition) is 0. The topological polar surface area (TPSA) is 47.3 Å². The summed E-state index contributed by atoms with van der Waals surface area (Å²) in [6.07, 6.45) is 0.596. The fraction of sp³-hybridized carbons (Fsp3) is 0.143. The molecule has 0 fully saturated rings. The molecule has 2 aromatic rings. The summed E-state index contributed by atoms with van der Waals surface area (Å²) in [6, 6.07) is 5.18. The molecule has 0 amide bonds. The van der Waals surface area contributed by atoms with Crippen molar-refractivity contribution in [2.75, 3.05) is 0 Å². The second-order valence-corrected chi connectivity index (χ2v) is 4.16. The highest BCUT2D eigenvalue weighted by Crippen LogP contribution is 2.30. The Morgan fingerprint density at radius 1 is 1.06 bits per heavy atom. The standard InChI is InChI=1S/C14H9FO3/c1-2-8-6-11-12(16)9-4-3-7(15)5-10(9)13(17)14(11)18-8/h3-6H,2H2,1H3. The van der Waals surface area contributed by atoms with Crippen molar-refractivity contribution in [2.45, 2.75) is 13.3 Å². The zero-order chi connectivity index (χ0) is 12.9. The molecule has 1 aromatic heterocycles. The van der Waals surface area contributed by atoms with E-state index >= 15 is 0 Å². The summed E-state index contributed by atoms with van der Waals surface area (Å²) in [5.41, 5.74) is 0.581. The minimum Gasteiger partial charge on any atom is -0.457 e. The van der Waals surface area contributed by atoms with Crippen molar-refractivity contribution in [3.63, 3.8) is 0 Å². The van der Waals surface area contributed by atoms with E-state index in [0.29, 0.717) is 12.2 Å². The molecule has 0 saturated heterocycles. The van der Waals surface area contributed by atoms with E-state index in [1.165, 1.54) is 12.1 Å². The van der Waals surface area contributed by atoms with E-state index in [4.69, 9.17) is 4.42 Å². The van der Waals surface area contributed by atoms with Crippen LogP contribution in [-0.4, -0.2) is 11.6 Å². The Kier molecular flexibility index (Phi) is 2.20. The Balaban J connectivity index is 2.26. The highest BCUT2D eigenvalue weighted by molar-refractivity contribution is 6.27. The molecule has 0 unspecified atom stereocenters. The van der Waals surface area contributed by atoms with E-state index in [-0.39, 0.29) is 28.2 Å². The average molecular weight is 244 g/mol. The van der Waals surface area contributed by atoms with Crippen molar-refractivity contribution in [1.29, 1.82) is 0 Å². The molecule has 0 saturated carbocycles. The van der Waals surface area contributed by atoms with Gasteiger partial charge in [0.1, 0.15) is 11.6 Å². The molecule has 3 nitrogen and oxygen atoms in total. The van der Waals surface area contributed by atoms with E-state index in [9.17, 15) is 14.0 Å². The van der Waals surface area contributed by atoms with Crippen LogP contribution < -0.4 is 0 Å². The smallest absolute Gasteiger partial charge is 0.229 e. The van der Waals surface area contributed by atoms with Gasteiger partial charge in [-0.15, -0.1) is 0 Å². The van der Waals surface area contributed by atoms with Crippen LogP contribution in [0.4, 0.5) is 4.39 Å². The molecule has 4 heteroatoms. The van der Waals surface area contributed by atoms with Crippen molar-refractivity contribution in [3.8, 4) is 0 Å². The van der Waals surface area contributed by atoms with E-state index < -0.39 is 11.6 Å². The molecule has 1 aromatic carbocycles. The summed E-state index contributed by atoms with van der Waals surface area (Å²) in [7, 11) is 0. The second kappa shape index (κ2) is 3.63. The van der Waals surface area contributed by atoms with Gasteiger partial charge in [-0.2, -0.15) is 0 Å². The molecular weight excluding hydrogens is 235 g/mol. The molecule has 0 bridgehead atoms. The maximum Gasteiger partial charge on any atom is 0.229 e. The lowest BCUT2D eigenvalue weighted by molar-refractivity contribution is 0.0959. The van der Waals surface area contributed by atoms with Crippen LogP contribution in [0.5, 0.6) is 0 Å². The van der Waals surface area contributed by atoms with Gasteiger partial charge in [-0.3, -0.25) is 9.59 Å². The quantitative estimate of drug-likeness (QED) is 0.661. The minimum absolute atomic E-state index is 0.0231. The average Bonchev–Trinajstić information content (AvgIpc) is 2.80. The Bertz CT molecular complexity index is 682. The van der Waals surface area contributed by atoms with Crippen molar-refractivity contribution >= 4 is 11.6 Å². The Hall–Kier alpha value is -2.23. The Morgan fingerprint density at radius 3 is 2.56 bits per heavy atom. The van der Waals surface area contributed by atoms with Crippen molar-refractivity contribution < 1.29 is 18.4 Å². The van der Waals surface area contributed by atoms with Gasteiger partial charge < -0.3 is 4.42 Å². The molecule has 0 atom stereocenters. The van der Waals surface area contributed by atoms with Crippen LogP contribution in [0.2, 0.25) is 0 Å². The first-order chi connectivity index (χ1) is 8.61. The van der Waals surface area contributed by atoms with E-state index in [2.05, 4.69) is 0 Å². The molecule has 1 aliphatic carbocycles. The normalized spacial score (nSPS) is 13.4. The number of carbonyl (C=O) groups excluding carboxylic acids is 2. The van der Waals surface area contributed by atoms with Gasteiger partial charge in [0.2, 0.25) is 5.78 Å². The number of ketones is 2. The number of furan rings is 1. The van der Waals surface area contributed by atoms with Crippen LogP contribution in [0.1, 0.15) is 44.7 Å². The van der Waals surface area contributed by atoms with Crippen LogP contribution >= 0.6 is 0 Å². The molecular formula is C14H9FO3. The fourth-order valence-corrected chi connectivity index (χ4v) is 2.12. The third kappa shape index (κ3) is 1.35. The summed E-state index contributed by atoms with van der Waals surface area (Å²) >= 11 is 0. The molecule has 1 heterocycles. The Morgan fingerprint density at radius 2 is 1.83 bits per heavy atom. The zero-order valence-electron chi connectivity index (χ0n) is 9.62. The fourth-order valence-electron chi connectivity index (χ4n) is 2.12. The number of fused-ring (bicyclic) bond motifs is 2. The van der Waals surface area contributed by atoms with Gasteiger partial charge >= 0.3 is 0 Å². The summed E-state index contributed by atoms with van der Waals surface area (Å²) in [5.74, 6) is -0.660. The summed E-state index contributed by atoms with van der Waals surface area (Å²) in [6.45, 7) is 1.87. The number of carbonyl (C=O) groups is 2. The van der Waals surface area contributed by atoms with Gasteiger partial charge in [-0.25, -0.2) is 4.39 Å². The van der Waals surface area contributed by atoms with Gasteiger partial charge in [-0.05, 0) is 24.3 Å². The third-order valence-corrected chi connectivity index (χ3v) is 3.05. The first-order valence-corrected chi connectivity index (χ1v) is 5.63. The molecule has 0 N–H and O–H groups in total. The molecule has 90 valence electrons. The first kappa shape index (κ1) is 10.9. The van der Waals surface area contributed by atoms with Crippen LogP contribution in [0.15, 0.2) is 28.7 Å². The van der Waals surface area contributed by atoms with Crippen LogP contribution in [-0.2, 0) is 6.42 Å². The number of halogens is 1. The Labute approximate surface area is 102 Å². The summed E-state index contributed by atoms with van der Waals surface area (Å²) < 4.78 is 18.5. The van der Waals surface area contributed by atoms with Crippen LogP contribution in [0.3, 0.4) is 0 Å². The predicted octanol–water partition coefficient (Wildman–Crippen LogP) is 2.76. The zero-order valence-corrected chi connectivity index (χ0v) is 9.62. The third-order valence-electron chi connectivity index (χ3n) is 3.05. The van der Waals surface area contributed by atoms with Gasteiger partial charge in [0, 0.05) is 17.5 Å². The minimum atomic E-state index is -0.541. The molecule has 18 heavy (non-hydrogen) atoms. The van der Waals surface area contributed by atoms with Crippen LogP contribution in [0, 0.1) is 5.82 Å².